The van der Waals surface area contributed by atoms with Gasteiger partial charge in [0.1, 0.15) is 11.6 Å². The molecule has 1 fully saturated rings. The van der Waals surface area contributed by atoms with E-state index in [0.717, 1.165) is 42.9 Å². The van der Waals surface area contributed by atoms with Gasteiger partial charge in [0, 0.05) is 18.3 Å². The predicted molar refractivity (Wildman–Crippen MR) is 91.6 cm³/mol. The van der Waals surface area contributed by atoms with Gasteiger partial charge in [0.2, 0.25) is 0 Å². The molecule has 122 valence electrons. The van der Waals surface area contributed by atoms with Crippen molar-refractivity contribution in [3.63, 3.8) is 0 Å². The van der Waals surface area contributed by atoms with E-state index in [1.54, 1.807) is 28.9 Å². The Balaban J connectivity index is 1.84. The number of rotatable bonds is 6. The standard InChI is InChI=1S/C17H21N3O2S/c1-2-23-12-14-11-15(19-22-14)17(21)20(13-7-3-4-8-13)16-9-5-6-10-18-16/h5-6,9-11,13H,2-4,7-8,12H2,1H3. The molecule has 0 aromatic carbocycles. The third-order valence-corrected chi connectivity index (χ3v) is 4.93. The quantitative estimate of drug-likeness (QED) is 0.803. The van der Waals surface area contributed by atoms with Gasteiger partial charge < -0.3 is 4.52 Å². The lowest BCUT2D eigenvalue weighted by molar-refractivity contribution is 0.0967. The molecule has 23 heavy (non-hydrogen) atoms. The van der Waals surface area contributed by atoms with Crippen LogP contribution in [0.5, 0.6) is 0 Å². The second kappa shape index (κ2) is 7.64. The van der Waals surface area contributed by atoms with E-state index >= 15 is 0 Å². The fourth-order valence-electron chi connectivity index (χ4n) is 2.92. The molecule has 1 aliphatic rings. The molecule has 2 aromatic rings. The number of carbonyl (C=O) groups excluding carboxylic acids is 1. The summed E-state index contributed by atoms with van der Waals surface area (Å²) in [5.41, 5.74) is 0.370. The number of hydrogen-bond donors (Lipinski definition) is 0. The van der Waals surface area contributed by atoms with Crippen molar-refractivity contribution in [1.82, 2.24) is 10.1 Å². The van der Waals surface area contributed by atoms with Gasteiger partial charge in [-0.3, -0.25) is 9.69 Å². The van der Waals surface area contributed by atoms with Crippen LogP contribution in [0.15, 0.2) is 35.0 Å². The highest BCUT2D eigenvalue weighted by atomic mass is 32.2. The van der Waals surface area contributed by atoms with Gasteiger partial charge in [-0.15, -0.1) is 0 Å². The lowest BCUT2D eigenvalue weighted by Crippen LogP contribution is -2.39. The molecular weight excluding hydrogens is 310 g/mol. The Labute approximate surface area is 140 Å². The Morgan fingerprint density at radius 1 is 1.39 bits per heavy atom. The average Bonchev–Trinajstić information content (AvgIpc) is 3.26. The fourth-order valence-corrected chi connectivity index (χ4v) is 3.46. The third-order valence-electron chi connectivity index (χ3n) is 4.03. The van der Waals surface area contributed by atoms with E-state index in [1.165, 1.54) is 0 Å². The zero-order chi connectivity index (χ0) is 16.1. The number of pyridine rings is 1. The zero-order valence-electron chi connectivity index (χ0n) is 13.3. The third kappa shape index (κ3) is 3.75. The topological polar surface area (TPSA) is 59.2 Å². The van der Waals surface area contributed by atoms with Crippen molar-refractivity contribution in [3.8, 4) is 0 Å². The predicted octanol–water partition coefficient (Wildman–Crippen LogP) is 3.91. The molecule has 0 aliphatic heterocycles. The minimum Gasteiger partial charge on any atom is -0.360 e. The summed E-state index contributed by atoms with van der Waals surface area (Å²) < 4.78 is 5.30. The van der Waals surface area contributed by atoms with E-state index in [1.807, 2.05) is 18.2 Å². The molecule has 0 bridgehead atoms. The molecule has 0 atom stereocenters. The first-order valence-corrected chi connectivity index (χ1v) is 9.23. The number of aromatic nitrogens is 2. The SMILES string of the molecule is CCSCc1cc(C(=O)N(c2ccccn2)C2CCCC2)no1. The molecule has 2 heterocycles. The molecular formula is C17H21N3O2S. The van der Waals surface area contributed by atoms with Crippen LogP contribution in [0, 0.1) is 0 Å². The van der Waals surface area contributed by atoms with Crippen LogP contribution in [0.1, 0.15) is 48.9 Å². The van der Waals surface area contributed by atoms with E-state index in [-0.39, 0.29) is 11.9 Å². The lowest BCUT2D eigenvalue weighted by atomic mass is 10.2. The van der Waals surface area contributed by atoms with Gasteiger partial charge in [0.05, 0.1) is 5.75 Å². The van der Waals surface area contributed by atoms with Crippen molar-refractivity contribution in [2.75, 3.05) is 10.7 Å². The minimum atomic E-state index is -0.118. The number of nitrogens with zero attached hydrogens (tertiary/aromatic N) is 3. The van der Waals surface area contributed by atoms with Gasteiger partial charge in [-0.2, -0.15) is 11.8 Å². The van der Waals surface area contributed by atoms with Gasteiger partial charge in [-0.05, 0) is 30.7 Å². The summed E-state index contributed by atoms with van der Waals surface area (Å²) in [5.74, 6) is 3.06. The van der Waals surface area contributed by atoms with Crippen LogP contribution in [-0.4, -0.2) is 27.8 Å². The van der Waals surface area contributed by atoms with E-state index in [0.29, 0.717) is 11.5 Å². The highest BCUT2D eigenvalue weighted by Gasteiger charge is 2.31. The van der Waals surface area contributed by atoms with Crippen molar-refractivity contribution in [1.29, 1.82) is 0 Å². The van der Waals surface area contributed by atoms with Crippen LogP contribution in [0.4, 0.5) is 5.82 Å². The summed E-state index contributed by atoms with van der Waals surface area (Å²) in [6, 6.07) is 7.60. The second-order valence-electron chi connectivity index (χ2n) is 5.62. The van der Waals surface area contributed by atoms with E-state index in [4.69, 9.17) is 4.52 Å². The van der Waals surface area contributed by atoms with Crippen LogP contribution in [0.3, 0.4) is 0 Å². The smallest absolute Gasteiger partial charge is 0.281 e. The van der Waals surface area contributed by atoms with E-state index in [9.17, 15) is 4.79 Å². The number of anilines is 1. The second-order valence-corrected chi connectivity index (χ2v) is 6.89. The number of carbonyl (C=O) groups is 1. The van der Waals surface area contributed by atoms with Crippen LogP contribution >= 0.6 is 11.8 Å². The molecule has 1 saturated carbocycles. The first kappa shape index (κ1) is 16.1. The largest absolute Gasteiger partial charge is 0.360 e. The van der Waals surface area contributed by atoms with Gasteiger partial charge in [-0.1, -0.05) is 31.0 Å². The Kier molecular flexibility index (Phi) is 5.33. The summed E-state index contributed by atoms with van der Waals surface area (Å²) in [5, 5.41) is 3.98. The molecule has 0 unspecified atom stereocenters. The lowest BCUT2D eigenvalue weighted by Gasteiger charge is -2.27. The molecule has 3 rings (SSSR count). The van der Waals surface area contributed by atoms with Crippen molar-refractivity contribution in [2.45, 2.75) is 44.4 Å². The van der Waals surface area contributed by atoms with Crippen molar-refractivity contribution < 1.29 is 9.32 Å². The monoisotopic (exact) mass is 331 g/mol. The van der Waals surface area contributed by atoms with Gasteiger partial charge >= 0.3 is 0 Å². The molecule has 0 radical (unpaired) electrons. The summed E-state index contributed by atoms with van der Waals surface area (Å²) in [4.78, 5) is 19.1. The maximum Gasteiger partial charge on any atom is 0.281 e. The Hall–Kier alpha value is -1.82. The van der Waals surface area contributed by atoms with Gasteiger partial charge in [0.15, 0.2) is 5.69 Å². The van der Waals surface area contributed by atoms with Crippen LogP contribution in [0.2, 0.25) is 0 Å². The van der Waals surface area contributed by atoms with Gasteiger partial charge in [-0.25, -0.2) is 4.98 Å². The minimum absolute atomic E-state index is 0.118. The van der Waals surface area contributed by atoms with Gasteiger partial charge in [0.25, 0.3) is 5.91 Å². The Morgan fingerprint density at radius 2 is 2.22 bits per heavy atom. The molecule has 1 amide bonds. The first-order chi connectivity index (χ1) is 11.3. The van der Waals surface area contributed by atoms with E-state index in [2.05, 4.69) is 17.1 Å². The maximum atomic E-state index is 13.0. The highest BCUT2D eigenvalue weighted by Crippen LogP contribution is 2.28. The normalized spacial score (nSPS) is 15.0. The average molecular weight is 331 g/mol. The summed E-state index contributed by atoms with van der Waals surface area (Å²) in [7, 11) is 0. The van der Waals surface area contributed by atoms with Crippen LogP contribution < -0.4 is 4.90 Å². The summed E-state index contributed by atoms with van der Waals surface area (Å²) in [6.07, 6.45) is 6.05. The molecule has 2 aromatic heterocycles. The fraction of sp³-hybridized carbons (Fsp3) is 0.471. The Bertz CT molecular complexity index is 638. The highest BCUT2D eigenvalue weighted by molar-refractivity contribution is 7.98. The number of hydrogen-bond acceptors (Lipinski definition) is 5. The Morgan fingerprint density at radius 3 is 2.91 bits per heavy atom. The van der Waals surface area contributed by atoms with Crippen LogP contribution in [-0.2, 0) is 5.75 Å². The number of amides is 1. The van der Waals surface area contributed by atoms with Crippen molar-refractivity contribution in [3.05, 3.63) is 41.9 Å². The number of thioether (sulfide) groups is 1. The molecule has 0 N–H and O–H groups in total. The van der Waals surface area contributed by atoms with Crippen molar-refractivity contribution >= 4 is 23.5 Å². The van der Waals surface area contributed by atoms with Crippen LogP contribution in [0.25, 0.3) is 0 Å². The van der Waals surface area contributed by atoms with Crippen molar-refractivity contribution in [2.24, 2.45) is 0 Å². The summed E-state index contributed by atoms with van der Waals surface area (Å²) >= 11 is 1.75. The molecule has 5 nitrogen and oxygen atoms in total. The molecule has 0 saturated heterocycles. The maximum absolute atomic E-state index is 13.0. The molecule has 6 heteroatoms. The molecule has 1 aliphatic carbocycles. The zero-order valence-corrected chi connectivity index (χ0v) is 14.1. The summed E-state index contributed by atoms with van der Waals surface area (Å²) in [6.45, 7) is 2.09. The first-order valence-electron chi connectivity index (χ1n) is 8.07. The van der Waals surface area contributed by atoms with E-state index < -0.39 is 0 Å². The molecule has 0 spiro atoms.